The van der Waals surface area contributed by atoms with E-state index in [-0.39, 0.29) is 12.0 Å². The van der Waals surface area contributed by atoms with Gasteiger partial charge in [-0.3, -0.25) is 0 Å². The van der Waals surface area contributed by atoms with Gasteiger partial charge in [-0.15, -0.1) is 0 Å². The number of carbonyl (C=O) groups is 1. The summed E-state index contributed by atoms with van der Waals surface area (Å²) >= 11 is 0. The van der Waals surface area contributed by atoms with E-state index in [2.05, 4.69) is 0 Å². The first-order valence-corrected chi connectivity index (χ1v) is 7.19. The molecule has 1 aromatic rings. The van der Waals surface area contributed by atoms with Gasteiger partial charge in [-0.1, -0.05) is 25.5 Å². The van der Waals surface area contributed by atoms with E-state index in [1.165, 1.54) is 0 Å². The molecule has 2 atom stereocenters. The van der Waals surface area contributed by atoms with Gasteiger partial charge in [0.05, 0.1) is 6.61 Å². The standard InChI is InChI=1S/C16H25NO3/c1-5-7-14(16(18)19-6-2)20-15-10-11(3)8-9-13(15)12(4)17/h8-10,12,14H,5-7,17H2,1-4H3/t12-,14?/m1/s1. The molecule has 112 valence electrons. The van der Waals surface area contributed by atoms with Crippen molar-refractivity contribution in [3.8, 4) is 5.75 Å². The monoisotopic (exact) mass is 279 g/mol. The van der Waals surface area contributed by atoms with Gasteiger partial charge in [0.15, 0.2) is 6.10 Å². The lowest BCUT2D eigenvalue weighted by molar-refractivity contribution is -0.151. The minimum atomic E-state index is -0.570. The van der Waals surface area contributed by atoms with Gasteiger partial charge in [0.25, 0.3) is 0 Å². The first-order valence-electron chi connectivity index (χ1n) is 7.19. The van der Waals surface area contributed by atoms with E-state index in [1.807, 2.05) is 39.0 Å². The third kappa shape index (κ3) is 4.53. The predicted octanol–water partition coefficient (Wildman–Crippen LogP) is 3.13. The molecule has 0 saturated carbocycles. The van der Waals surface area contributed by atoms with Crippen molar-refractivity contribution in [2.75, 3.05) is 6.61 Å². The van der Waals surface area contributed by atoms with Gasteiger partial charge in [-0.05, 0) is 38.8 Å². The van der Waals surface area contributed by atoms with Gasteiger partial charge in [-0.25, -0.2) is 4.79 Å². The lowest BCUT2D eigenvalue weighted by atomic mass is 10.1. The van der Waals surface area contributed by atoms with Crippen molar-refractivity contribution in [3.05, 3.63) is 29.3 Å². The molecule has 0 aliphatic carbocycles. The van der Waals surface area contributed by atoms with Crippen LogP contribution in [-0.4, -0.2) is 18.7 Å². The Morgan fingerprint density at radius 1 is 1.35 bits per heavy atom. The molecule has 0 amide bonds. The summed E-state index contributed by atoms with van der Waals surface area (Å²) in [4.78, 5) is 11.9. The van der Waals surface area contributed by atoms with E-state index in [0.29, 0.717) is 18.8 Å². The highest BCUT2D eigenvalue weighted by atomic mass is 16.6. The number of aryl methyl sites for hydroxylation is 1. The maximum Gasteiger partial charge on any atom is 0.347 e. The number of nitrogens with two attached hydrogens (primary N) is 1. The summed E-state index contributed by atoms with van der Waals surface area (Å²) in [5.74, 6) is 0.359. The highest BCUT2D eigenvalue weighted by Crippen LogP contribution is 2.27. The third-order valence-corrected chi connectivity index (χ3v) is 3.03. The summed E-state index contributed by atoms with van der Waals surface area (Å²) in [5.41, 5.74) is 7.93. The van der Waals surface area contributed by atoms with Gasteiger partial charge in [0.2, 0.25) is 0 Å². The fourth-order valence-electron chi connectivity index (χ4n) is 2.00. The maximum atomic E-state index is 11.9. The van der Waals surface area contributed by atoms with E-state index < -0.39 is 6.10 Å². The van der Waals surface area contributed by atoms with Crippen molar-refractivity contribution in [1.29, 1.82) is 0 Å². The second-order valence-electron chi connectivity index (χ2n) is 4.98. The van der Waals surface area contributed by atoms with Crippen LogP contribution in [0.5, 0.6) is 5.75 Å². The summed E-state index contributed by atoms with van der Waals surface area (Å²) in [7, 11) is 0. The Labute approximate surface area is 121 Å². The van der Waals surface area contributed by atoms with Crippen LogP contribution in [0.2, 0.25) is 0 Å². The summed E-state index contributed by atoms with van der Waals surface area (Å²) < 4.78 is 11.0. The Bertz CT molecular complexity index is 443. The molecule has 0 spiro atoms. The van der Waals surface area contributed by atoms with Crippen molar-refractivity contribution in [2.45, 2.75) is 52.7 Å². The highest BCUT2D eigenvalue weighted by Gasteiger charge is 2.22. The van der Waals surface area contributed by atoms with Crippen LogP contribution in [0, 0.1) is 6.92 Å². The quantitative estimate of drug-likeness (QED) is 0.779. The number of hydrogen-bond acceptors (Lipinski definition) is 4. The van der Waals surface area contributed by atoms with Crippen LogP contribution in [0.25, 0.3) is 0 Å². The molecule has 1 aromatic carbocycles. The second kappa shape index (κ2) is 7.90. The molecule has 0 aliphatic heterocycles. The summed E-state index contributed by atoms with van der Waals surface area (Å²) in [6, 6.07) is 5.71. The Kier molecular flexibility index (Phi) is 6.52. The topological polar surface area (TPSA) is 61.5 Å². The van der Waals surface area contributed by atoms with Gasteiger partial charge >= 0.3 is 5.97 Å². The molecule has 1 unspecified atom stereocenters. The van der Waals surface area contributed by atoms with Crippen LogP contribution >= 0.6 is 0 Å². The highest BCUT2D eigenvalue weighted by molar-refractivity contribution is 5.75. The van der Waals surface area contributed by atoms with Gasteiger partial charge < -0.3 is 15.2 Å². The van der Waals surface area contributed by atoms with Crippen molar-refractivity contribution < 1.29 is 14.3 Å². The predicted molar refractivity (Wildman–Crippen MR) is 79.7 cm³/mol. The van der Waals surface area contributed by atoms with Gasteiger partial charge in [0.1, 0.15) is 5.75 Å². The molecule has 0 heterocycles. The van der Waals surface area contributed by atoms with Crippen LogP contribution in [-0.2, 0) is 9.53 Å². The van der Waals surface area contributed by atoms with Crippen molar-refractivity contribution in [1.82, 2.24) is 0 Å². The summed E-state index contributed by atoms with van der Waals surface area (Å²) in [6.45, 7) is 8.05. The zero-order valence-corrected chi connectivity index (χ0v) is 12.8. The fraction of sp³-hybridized carbons (Fsp3) is 0.562. The number of esters is 1. The minimum Gasteiger partial charge on any atom is -0.478 e. The van der Waals surface area contributed by atoms with Crippen molar-refractivity contribution in [2.24, 2.45) is 5.73 Å². The second-order valence-corrected chi connectivity index (χ2v) is 4.98. The zero-order valence-electron chi connectivity index (χ0n) is 12.8. The van der Waals surface area contributed by atoms with Crippen LogP contribution in [0.15, 0.2) is 18.2 Å². The lowest BCUT2D eigenvalue weighted by Gasteiger charge is -2.21. The zero-order chi connectivity index (χ0) is 15.1. The number of ether oxygens (including phenoxy) is 2. The Morgan fingerprint density at radius 2 is 2.05 bits per heavy atom. The Morgan fingerprint density at radius 3 is 2.60 bits per heavy atom. The molecule has 0 aliphatic rings. The summed E-state index contributed by atoms with van der Waals surface area (Å²) in [5, 5.41) is 0. The molecule has 2 N–H and O–H groups in total. The lowest BCUT2D eigenvalue weighted by Crippen LogP contribution is -2.30. The minimum absolute atomic E-state index is 0.143. The van der Waals surface area contributed by atoms with E-state index >= 15 is 0 Å². The molecule has 4 heteroatoms. The largest absolute Gasteiger partial charge is 0.478 e. The van der Waals surface area contributed by atoms with Crippen molar-refractivity contribution >= 4 is 5.97 Å². The number of benzene rings is 1. The average Bonchev–Trinajstić information content (AvgIpc) is 2.38. The molecule has 0 aromatic heterocycles. The van der Waals surface area contributed by atoms with Crippen LogP contribution < -0.4 is 10.5 Å². The Hall–Kier alpha value is -1.55. The molecular weight excluding hydrogens is 254 g/mol. The van der Waals surface area contributed by atoms with E-state index in [0.717, 1.165) is 17.5 Å². The molecule has 0 fully saturated rings. The third-order valence-electron chi connectivity index (χ3n) is 3.03. The SMILES string of the molecule is CCCC(Oc1cc(C)ccc1[C@@H](C)N)C(=O)OCC. The molecule has 0 saturated heterocycles. The first kappa shape index (κ1) is 16.5. The van der Waals surface area contributed by atoms with Crippen molar-refractivity contribution in [3.63, 3.8) is 0 Å². The van der Waals surface area contributed by atoms with E-state index in [4.69, 9.17) is 15.2 Å². The van der Waals surface area contributed by atoms with Gasteiger partial charge in [-0.2, -0.15) is 0 Å². The molecular formula is C16H25NO3. The fourth-order valence-corrected chi connectivity index (χ4v) is 2.00. The van der Waals surface area contributed by atoms with Crippen LogP contribution in [0.4, 0.5) is 0 Å². The van der Waals surface area contributed by atoms with Gasteiger partial charge in [0, 0.05) is 11.6 Å². The van der Waals surface area contributed by atoms with E-state index in [1.54, 1.807) is 6.92 Å². The van der Waals surface area contributed by atoms with E-state index in [9.17, 15) is 4.79 Å². The molecule has 20 heavy (non-hydrogen) atoms. The maximum absolute atomic E-state index is 11.9. The normalized spacial score (nSPS) is 13.7. The first-order chi connectivity index (χ1) is 9.49. The molecule has 0 radical (unpaired) electrons. The number of hydrogen-bond donors (Lipinski definition) is 1. The molecule has 1 rings (SSSR count). The average molecular weight is 279 g/mol. The smallest absolute Gasteiger partial charge is 0.347 e. The Balaban J connectivity index is 2.97. The summed E-state index contributed by atoms with van der Waals surface area (Å²) in [6.07, 6.45) is 0.910. The number of rotatable bonds is 7. The molecule has 4 nitrogen and oxygen atoms in total. The van der Waals surface area contributed by atoms with Crippen LogP contribution in [0.1, 0.15) is 50.8 Å². The van der Waals surface area contributed by atoms with Crippen LogP contribution in [0.3, 0.4) is 0 Å². The number of carbonyl (C=O) groups excluding carboxylic acids is 1. The molecule has 0 bridgehead atoms.